The first-order chi connectivity index (χ1) is 5.12. The van der Waals surface area contributed by atoms with E-state index in [1.54, 1.807) is 0 Å². The summed E-state index contributed by atoms with van der Waals surface area (Å²) in [6.07, 6.45) is 1.06. The Labute approximate surface area is 79.8 Å². The molecule has 12 heavy (non-hydrogen) atoms. The van der Waals surface area contributed by atoms with Gasteiger partial charge >= 0.3 is 0 Å². The van der Waals surface area contributed by atoms with Crippen molar-refractivity contribution < 1.29 is 0 Å². The molecule has 0 aliphatic heterocycles. The highest BCUT2D eigenvalue weighted by atomic mass is 32.2. The van der Waals surface area contributed by atoms with Gasteiger partial charge < -0.3 is 5.73 Å². The highest BCUT2D eigenvalue weighted by Crippen LogP contribution is 2.36. The fourth-order valence-corrected chi connectivity index (χ4v) is 2.71. The molecule has 0 fully saturated rings. The molecule has 3 N–H and O–H groups in total. The van der Waals surface area contributed by atoms with Gasteiger partial charge in [0, 0.05) is 4.75 Å². The fraction of sp³-hybridized carbons (Fsp3) is 0.889. The van der Waals surface area contributed by atoms with Crippen molar-refractivity contribution in [1.29, 1.82) is 5.41 Å². The Balaban J connectivity index is 4.13. The largest absolute Gasteiger partial charge is 0.379 e. The van der Waals surface area contributed by atoms with Crippen molar-refractivity contribution in [3.63, 3.8) is 0 Å². The molecule has 0 atom stereocenters. The molecule has 0 amide bonds. The molecule has 0 saturated carbocycles. The molecular formula is C9H20N2S. The van der Waals surface area contributed by atoms with Gasteiger partial charge in [-0.15, -0.1) is 0 Å². The van der Waals surface area contributed by atoms with Gasteiger partial charge in [0.1, 0.15) is 0 Å². The maximum Gasteiger partial charge on any atom is 0.151 e. The van der Waals surface area contributed by atoms with Gasteiger partial charge in [-0.05, 0) is 11.8 Å². The summed E-state index contributed by atoms with van der Waals surface area (Å²) in [7, 11) is 0. The second kappa shape index (κ2) is 3.69. The van der Waals surface area contributed by atoms with Crippen molar-refractivity contribution in [2.24, 2.45) is 11.1 Å². The normalized spacial score (nSPS) is 13.1. The van der Waals surface area contributed by atoms with E-state index in [4.69, 9.17) is 11.1 Å². The SMILES string of the molecule is CC(C)(C)CC(C)(C)SC(=N)N. The summed E-state index contributed by atoms with van der Waals surface area (Å²) >= 11 is 1.44. The third-order valence-corrected chi connectivity index (χ3v) is 2.26. The first-order valence-electron chi connectivity index (χ1n) is 4.15. The van der Waals surface area contributed by atoms with Crippen LogP contribution in [0, 0.1) is 10.8 Å². The molecule has 3 heteroatoms. The molecule has 0 bridgehead atoms. The zero-order valence-electron chi connectivity index (χ0n) is 8.69. The lowest BCUT2D eigenvalue weighted by Gasteiger charge is -2.31. The Morgan fingerprint density at radius 2 is 1.67 bits per heavy atom. The van der Waals surface area contributed by atoms with Crippen molar-refractivity contribution in [1.82, 2.24) is 0 Å². The third-order valence-electron chi connectivity index (χ3n) is 1.34. The zero-order valence-corrected chi connectivity index (χ0v) is 9.51. The van der Waals surface area contributed by atoms with Gasteiger partial charge in [-0.25, -0.2) is 0 Å². The van der Waals surface area contributed by atoms with Crippen LogP contribution in [0.2, 0.25) is 0 Å². The second-order valence-corrected chi connectivity index (χ2v) is 6.71. The number of hydrogen-bond acceptors (Lipinski definition) is 2. The summed E-state index contributed by atoms with van der Waals surface area (Å²) < 4.78 is 0.0735. The van der Waals surface area contributed by atoms with Crippen LogP contribution < -0.4 is 5.73 Å². The number of rotatable bonds is 2. The standard InChI is InChI=1S/C9H20N2S/c1-8(2,3)6-9(4,5)12-7(10)11/h6H2,1-5H3,(H3,10,11). The first-order valence-corrected chi connectivity index (χ1v) is 4.97. The molecule has 0 aliphatic carbocycles. The average molecular weight is 188 g/mol. The van der Waals surface area contributed by atoms with E-state index in [0.717, 1.165) is 6.42 Å². The molecule has 0 aromatic carbocycles. The molecule has 72 valence electrons. The summed E-state index contributed by atoms with van der Waals surface area (Å²) in [5.74, 6) is 0. The third kappa shape index (κ3) is 6.53. The molecular weight excluding hydrogens is 168 g/mol. The molecule has 0 unspecified atom stereocenters. The highest BCUT2D eigenvalue weighted by Gasteiger charge is 2.26. The number of thioether (sulfide) groups is 1. The summed E-state index contributed by atoms with van der Waals surface area (Å²) in [5.41, 5.74) is 5.64. The minimum Gasteiger partial charge on any atom is -0.379 e. The van der Waals surface area contributed by atoms with E-state index < -0.39 is 0 Å². The Hall–Kier alpha value is -0.180. The number of hydrogen-bond donors (Lipinski definition) is 2. The van der Waals surface area contributed by atoms with Crippen LogP contribution in [-0.4, -0.2) is 9.91 Å². The summed E-state index contributed by atoms with van der Waals surface area (Å²) in [4.78, 5) is 0. The topological polar surface area (TPSA) is 49.9 Å². The number of nitrogens with two attached hydrogens (primary N) is 1. The molecule has 0 aliphatic rings. The quantitative estimate of drug-likeness (QED) is 0.517. The minimum absolute atomic E-state index is 0.0735. The first kappa shape index (κ1) is 11.8. The Morgan fingerprint density at radius 1 is 1.25 bits per heavy atom. The van der Waals surface area contributed by atoms with Crippen LogP contribution in [0.5, 0.6) is 0 Å². The van der Waals surface area contributed by atoms with Gasteiger partial charge in [-0.1, -0.05) is 46.4 Å². The molecule has 2 nitrogen and oxygen atoms in total. The molecule has 0 aromatic rings. The minimum atomic E-state index is 0.0735. The van der Waals surface area contributed by atoms with Crippen LogP contribution in [-0.2, 0) is 0 Å². The lowest BCUT2D eigenvalue weighted by Crippen LogP contribution is -2.26. The van der Waals surface area contributed by atoms with Crippen LogP contribution in [0.4, 0.5) is 0 Å². The van der Waals surface area contributed by atoms with Gasteiger partial charge in [-0.2, -0.15) is 0 Å². The molecule has 0 aromatic heterocycles. The van der Waals surface area contributed by atoms with E-state index >= 15 is 0 Å². The van der Waals surface area contributed by atoms with E-state index in [2.05, 4.69) is 34.6 Å². The Morgan fingerprint density at radius 3 is 1.92 bits per heavy atom. The summed E-state index contributed by atoms with van der Waals surface area (Å²) in [6, 6.07) is 0. The van der Waals surface area contributed by atoms with E-state index in [0.29, 0.717) is 5.41 Å². The maximum atomic E-state index is 7.20. The van der Waals surface area contributed by atoms with Crippen molar-refractivity contribution in [3.05, 3.63) is 0 Å². The predicted molar refractivity (Wildman–Crippen MR) is 57.7 cm³/mol. The molecule has 0 saturated heterocycles. The van der Waals surface area contributed by atoms with Crippen LogP contribution in [0.15, 0.2) is 0 Å². The molecule has 0 heterocycles. The molecule has 0 spiro atoms. The average Bonchev–Trinajstić information content (AvgIpc) is 1.48. The van der Waals surface area contributed by atoms with Gasteiger partial charge in [0.15, 0.2) is 5.17 Å². The van der Waals surface area contributed by atoms with Crippen molar-refractivity contribution >= 4 is 16.9 Å². The van der Waals surface area contributed by atoms with Crippen LogP contribution in [0.25, 0.3) is 0 Å². The van der Waals surface area contributed by atoms with Gasteiger partial charge in [0.25, 0.3) is 0 Å². The zero-order chi connectivity index (χ0) is 9.99. The second-order valence-electron chi connectivity index (χ2n) is 4.96. The van der Waals surface area contributed by atoms with E-state index in [1.165, 1.54) is 11.8 Å². The lowest BCUT2D eigenvalue weighted by molar-refractivity contribution is 0.340. The highest BCUT2D eigenvalue weighted by molar-refractivity contribution is 8.14. The van der Waals surface area contributed by atoms with Gasteiger partial charge in [0.2, 0.25) is 0 Å². The summed E-state index contributed by atoms with van der Waals surface area (Å²) in [6.45, 7) is 10.9. The van der Waals surface area contributed by atoms with Crippen molar-refractivity contribution in [2.45, 2.75) is 45.8 Å². The Bertz CT molecular complexity index is 168. The maximum absolute atomic E-state index is 7.20. The van der Waals surface area contributed by atoms with Crippen LogP contribution in [0.1, 0.15) is 41.0 Å². The number of nitrogens with one attached hydrogen (secondary N) is 1. The van der Waals surface area contributed by atoms with Crippen LogP contribution in [0.3, 0.4) is 0 Å². The molecule has 0 radical (unpaired) electrons. The van der Waals surface area contributed by atoms with E-state index in [1.807, 2.05) is 0 Å². The fourth-order valence-electron chi connectivity index (χ4n) is 1.61. The smallest absolute Gasteiger partial charge is 0.151 e. The van der Waals surface area contributed by atoms with Crippen molar-refractivity contribution in [2.75, 3.05) is 0 Å². The van der Waals surface area contributed by atoms with Crippen LogP contribution >= 0.6 is 11.8 Å². The monoisotopic (exact) mass is 188 g/mol. The lowest BCUT2D eigenvalue weighted by atomic mass is 9.86. The number of amidine groups is 1. The summed E-state index contributed by atoms with van der Waals surface area (Å²) in [5, 5.41) is 7.41. The Kier molecular flexibility index (Phi) is 3.63. The molecule has 0 rings (SSSR count). The van der Waals surface area contributed by atoms with Crippen molar-refractivity contribution in [3.8, 4) is 0 Å². The van der Waals surface area contributed by atoms with E-state index in [-0.39, 0.29) is 9.91 Å². The van der Waals surface area contributed by atoms with E-state index in [9.17, 15) is 0 Å². The predicted octanol–water partition coefficient (Wildman–Crippen LogP) is 2.83. The van der Waals surface area contributed by atoms with Gasteiger partial charge in [-0.3, -0.25) is 5.41 Å². The van der Waals surface area contributed by atoms with Gasteiger partial charge in [0.05, 0.1) is 0 Å².